The molecular formula is C22H24FN3O3. The average Bonchev–Trinajstić information content (AvgIpc) is 3.08. The largest absolute Gasteiger partial charge is 0.352 e. The molecule has 1 atom stereocenters. The van der Waals surface area contributed by atoms with Crippen molar-refractivity contribution in [3.05, 3.63) is 65.5 Å². The number of rotatable bonds is 6. The van der Waals surface area contributed by atoms with Crippen molar-refractivity contribution in [1.29, 1.82) is 0 Å². The minimum Gasteiger partial charge on any atom is -0.352 e. The zero-order valence-electron chi connectivity index (χ0n) is 16.4. The maximum Gasteiger partial charge on any atom is 0.255 e. The topological polar surface area (TPSA) is 78.5 Å². The molecule has 1 heterocycles. The molecule has 0 saturated carbocycles. The third-order valence-electron chi connectivity index (χ3n) is 4.89. The normalized spacial score (nSPS) is 16.2. The molecule has 0 aromatic heterocycles. The molecule has 0 aliphatic carbocycles. The van der Waals surface area contributed by atoms with Gasteiger partial charge in [-0.05, 0) is 49.7 Å². The standard InChI is InChI=1S/C22H24FN3O3/c1-14(2)26-13-17(11-20(26)27)21(28)24-12-15-5-3-8-19(9-15)25-22(29)16-6-4-7-18(23)10-16/h3-10,14,17H,11-13H2,1-2H3,(H,24,28)(H,25,29)/t17-/m1/s1. The first-order chi connectivity index (χ1) is 13.8. The Morgan fingerprint density at radius 1 is 1.17 bits per heavy atom. The van der Waals surface area contributed by atoms with Crippen LogP contribution < -0.4 is 10.6 Å². The highest BCUT2D eigenvalue weighted by molar-refractivity contribution is 6.04. The lowest BCUT2D eigenvalue weighted by molar-refractivity contribution is -0.130. The third-order valence-corrected chi connectivity index (χ3v) is 4.89. The molecule has 0 unspecified atom stereocenters. The minimum atomic E-state index is -0.476. The first kappa shape index (κ1) is 20.5. The van der Waals surface area contributed by atoms with Crippen molar-refractivity contribution in [2.45, 2.75) is 32.9 Å². The van der Waals surface area contributed by atoms with Crippen molar-refractivity contribution >= 4 is 23.4 Å². The van der Waals surface area contributed by atoms with E-state index in [4.69, 9.17) is 0 Å². The summed E-state index contributed by atoms with van der Waals surface area (Å²) < 4.78 is 13.3. The molecule has 0 bridgehead atoms. The summed E-state index contributed by atoms with van der Waals surface area (Å²) in [6, 6.07) is 12.6. The Balaban J connectivity index is 1.57. The summed E-state index contributed by atoms with van der Waals surface area (Å²) in [6.07, 6.45) is 0.230. The summed E-state index contributed by atoms with van der Waals surface area (Å²) in [5, 5.41) is 5.58. The summed E-state index contributed by atoms with van der Waals surface area (Å²) in [5.74, 6) is -1.39. The van der Waals surface area contributed by atoms with E-state index in [1.54, 1.807) is 23.1 Å². The lowest BCUT2D eigenvalue weighted by Crippen LogP contribution is -2.35. The van der Waals surface area contributed by atoms with Crippen molar-refractivity contribution < 1.29 is 18.8 Å². The number of nitrogens with zero attached hydrogens (tertiary/aromatic N) is 1. The van der Waals surface area contributed by atoms with Gasteiger partial charge in [0, 0.05) is 36.8 Å². The van der Waals surface area contributed by atoms with Crippen LogP contribution in [0, 0.1) is 11.7 Å². The second-order valence-electron chi connectivity index (χ2n) is 7.42. The maximum atomic E-state index is 13.3. The molecule has 1 aliphatic rings. The van der Waals surface area contributed by atoms with Crippen LogP contribution in [0.4, 0.5) is 10.1 Å². The van der Waals surface area contributed by atoms with Gasteiger partial charge in [-0.3, -0.25) is 14.4 Å². The number of benzene rings is 2. The Morgan fingerprint density at radius 2 is 1.93 bits per heavy atom. The van der Waals surface area contributed by atoms with Crippen LogP contribution in [0.5, 0.6) is 0 Å². The van der Waals surface area contributed by atoms with Crippen LogP contribution in [-0.2, 0) is 16.1 Å². The molecule has 6 nitrogen and oxygen atoms in total. The fourth-order valence-electron chi connectivity index (χ4n) is 3.33. The predicted molar refractivity (Wildman–Crippen MR) is 108 cm³/mol. The molecule has 2 aromatic carbocycles. The molecule has 3 amide bonds. The van der Waals surface area contributed by atoms with Crippen molar-refractivity contribution in [3.8, 4) is 0 Å². The van der Waals surface area contributed by atoms with Gasteiger partial charge < -0.3 is 15.5 Å². The first-order valence-corrected chi connectivity index (χ1v) is 9.56. The second kappa shape index (κ2) is 8.86. The lowest BCUT2D eigenvalue weighted by atomic mass is 10.1. The average molecular weight is 397 g/mol. The van der Waals surface area contributed by atoms with Crippen LogP contribution in [-0.4, -0.2) is 35.2 Å². The molecule has 1 saturated heterocycles. The number of halogens is 1. The minimum absolute atomic E-state index is 0.00204. The summed E-state index contributed by atoms with van der Waals surface area (Å²) in [4.78, 5) is 38.4. The van der Waals surface area contributed by atoms with E-state index in [0.717, 1.165) is 5.56 Å². The van der Waals surface area contributed by atoms with Gasteiger partial charge in [-0.1, -0.05) is 18.2 Å². The van der Waals surface area contributed by atoms with Crippen LogP contribution in [0.25, 0.3) is 0 Å². The fourth-order valence-corrected chi connectivity index (χ4v) is 3.33. The molecule has 2 aromatic rings. The predicted octanol–water partition coefficient (Wildman–Crippen LogP) is 2.95. The van der Waals surface area contributed by atoms with E-state index in [9.17, 15) is 18.8 Å². The summed E-state index contributed by atoms with van der Waals surface area (Å²) >= 11 is 0. The number of hydrogen-bond acceptors (Lipinski definition) is 3. The van der Waals surface area contributed by atoms with Crippen LogP contribution in [0.2, 0.25) is 0 Å². The monoisotopic (exact) mass is 397 g/mol. The first-order valence-electron chi connectivity index (χ1n) is 9.56. The van der Waals surface area contributed by atoms with Crippen LogP contribution in [0.15, 0.2) is 48.5 Å². The summed E-state index contributed by atoms with van der Waals surface area (Å²) in [7, 11) is 0. The van der Waals surface area contributed by atoms with Crippen molar-refractivity contribution in [2.24, 2.45) is 5.92 Å². The SMILES string of the molecule is CC(C)N1C[C@H](C(=O)NCc2cccc(NC(=O)c3cccc(F)c3)c2)CC1=O. The Bertz CT molecular complexity index is 929. The van der Waals surface area contributed by atoms with Gasteiger partial charge in [-0.25, -0.2) is 4.39 Å². The third kappa shape index (κ3) is 5.19. The van der Waals surface area contributed by atoms with E-state index < -0.39 is 11.7 Å². The van der Waals surface area contributed by atoms with Gasteiger partial charge in [0.15, 0.2) is 0 Å². The summed E-state index contributed by atoms with van der Waals surface area (Å²) in [5.41, 5.74) is 1.58. The molecule has 29 heavy (non-hydrogen) atoms. The maximum absolute atomic E-state index is 13.3. The smallest absolute Gasteiger partial charge is 0.255 e. The molecule has 0 spiro atoms. The molecule has 2 N–H and O–H groups in total. The van der Waals surface area contributed by atoms with Gasteiger partial charge in [0.05, 0.1) is 5.92 Å². The summed E-state index contributed by atoms with van der Waals surface area (Å²) in [6.45, 7) is 4.59. The van der Waals surface area contributed by atoms with Crippen molar-refractivity contribution in [2.75, 3.05) is 11.9 Å². The van der Waals surface area contributed by atoms with Crippen molar-refractivity contribution in [1.82, 2.24) is 10.2 Å². The zero-order valence-corrected chi connectivity index (χ0v) is 16.4. The van der Waals surface area contributed by atoms with Gasteiger partial charge in [0.25, 0.3) is 5.91 Å². The number of hydrogen-bond donors (Lipinski definition) is 2. The fraction of sp³-hybridized carbons (Fsp3) is 0.318. The Kier molecular flexibility index (Phi) is 6.26. The van der Waals surface area contributed by atoms with Gasteiger partial charge in [0.1, 0.15) is 5.82 Å². The Labute approximate surface area is 169 Å². The molecule has 7 heteroatoms. The van der Waals surface area contributed by atoms with Gasteiger partial charge >= 0.3 is 0 Å². The molecule has 152 valence electrons. The highest BCUT2D eigenvalue weighted by Gasteiger charge is 2.35. The van der Waals surface area contributed by atoms with E-state index in [1.165, 1.54) is 24.3 Å². The Morgan fingerprint density at radius 3 is 2.62 bits per heavy atom. The molecule has 1 aliphatic heterocycles. The molecule has 3 rings (SSSR count). The van der Waals surface area contributed by atoms with E-state index in [2.05, 4.69) is 10.6 Å². The van der Waals surface area contributed by atoms with Gasteiger partial charge in [-0.2, -0.15) is 0 Å². The molecule has 1 fully saturated rings. The second-order valence-corrected chi connectivity index (χ2v) is 7.42. The number of likely N-dealkylation sites (tertiary alicyclic amines) is 1. The van der Waals surface area contributed by atoms with Crippen molar-refractivity contribution in [3.63, 3.8) is 0 Å². The van der Waals surface area contributed by atoms with E-state index in [1.807, 2.05) is 19.9 Å². The number of amides is 3. The highest BCUT2D eigenvalue weighted by atomic mass is 19.1. The number of carbonyl (C=O) groups excluding carboxylic acids is 3. The molecular weight excluding hydrogens is 373 g/mol. The number of anilines is 1. The van der Waals surface area contributed by atoms with Crippen LogP contribution >= 0.6 is 0 Å². The Hall–Kier alpha value is -3.22. The van der Waals surface area contributed by atoms with Gasteiger partial charge in [0.2, 0.25) is 11.8 Å². The van der Waals surface area contributed by atoms with Gasteiger partial charge in [-0.15, -0.1) is 0 Å². The van der Waals surface area contributed by atoms with Crippen LogP contribution in [0.3, 0.4) is 0 Å². The lowest BCUT2D eigenvalue weighted by Gasteiger charge is -2.20. The zero-order chi connectivity index (χ0) is 21.0. The number of nitrogens with one attached hydrogen (secondary N) is 2. The number of carbonyl (C=O) groups is 3. The van der Waals surface area contributed by atoms with E-state index >= 15 is 0 Å². The van der Waals surface area contributed by atoms with E-state index in [-0.39, 0.29) is 42.3 Å². The van der Waals surface area contributed by atoms with E-state index in [0.29, 0.717) is 12.2 Å². The quantitative estimate of drug-likeness (QED) is 0.787. The molecule has 0 radical (unpaired) electrons. The highest BCUT2D eigenvalue weighted by Crippen LogP contribution is 2.20. The van der Waals surface area contributed by atoms with Crippen LogP contribution in [0.1, 0.15) is 36.2 Å².